The first kappa shape index (κ1) is 21.3. The smallest absolute Gasteiger partial charge is 0.138 e. The molecule has 1 unspecified atom stereocenters. The first-order valence-electron chi connectivity index (χ1n) is 12.3. The fourth-order valence-corrected chi connectivity index (χ4v) is 6.04. The highest BCUT2D eigenvalue weighted by Crippen LogP contribution is 2.44. The van der Waals surface area contributed by atoms with E-state index in [2.05, 4.69) is 46.8 Å². The molecule has 5 nitrogen and oxygen atoms in total. The number of hydrogen-bond acceptors (Lipinski definition) is 3. The Kier molecular flexibility index (Phi) is 5.12. The van der Waals surface area contributed by atoms with Gasteiger partial charge in [-0.25, -0.2) is 9.37 Å². The fraction of sp³-hybridized carbons (Fsp3) is 0.393. The zero-order chi connectivity index (χ0) is 23.4. The molecule has 4 aromatic rings. The summed E-state index contributed by atoms with van der Waals surface area (Å²) in [4.78, 5) is 17.6. The van der Waals surface area contributed by atoms with Crippen molar-refractivity contribution in [2.45, 2.75) is 64.0 Å². The number of halogens is 1. The highest BCUT2D eigenvalue weighted by molar-refractivity contribution is 5.83. The second-order valence-electron chi connectivity index (χ2n) is 10.1. The molecule has 0 spiro atoms. The van der Waals surface area contributed by atoms with E-state index in [0.717, 1.165) is 36.9 Å². The Bertz CT molecular complexity index is 1380. The van der Waals surface area contributed by atoms with Gasteiger partial charge in [-0.05, 0) is 69.2 Å². The first-order chi connectivity index (χ1) is 16.5. The summed E-state index contributed by atoms with van der Waals surface area (Å²) in [6, 6.07) is 11.9. The van der Waals surface area contributed by atoms with Crippen LogP contribution >= 0.6 is 0 Å². The van der Waals surface area contributed by atoms with Gasteiger partial charge in [-0.1, -0.05) is 18.2 Å². The van der Waals surface area contributed by atoms with Gasteiger partial charge >= 0.3 is 0 Å². The Morgan fingerprint density at radius 2 is 1.94 bits per heavy atom. The highest BCUT2D eigenvalue weighted by atomic mass is 19.1. The molecule has 0 N–H and O–H groups in total. The Hall–Kier alpha value is -3.28. The van der Waals surface area contributed by atoms with E-state index in [1.54, 1.807) is 18.6 Å². The van der Waals surface area contributed by atoms with Crippen LogP contribution in [-0.4, -0.2) is 25.1 Å². The normalized spacial score (nSPS) is 21.7. The topological polar surface area (TPSA) is 52.7 Å². The van der Waals surface area contributed by atoms with Gasteiger partial charge in [0.25, 0.3) is 0 Å². The van der Waals surface area contributed by atoms with Crippen LogP contribution in [0.5, 0.6) is 0 Å². The van der Waals surface area contributed by atoms with Crippen LogP contribution in [0.25, 0.3) is 22.2 Å². The number of imidazole rings is 1. The second-order valence-corrected chi connectivity index (χ2v) is 10.1. The number of benzene rings is 2. The number of fused-ring (bicyclic) bond motifs is 4. The predicted octanol–water partition coefficient (Wildman–Crippen LogP) is 6.46. The van der Waals surface area contributed by atoms with Gasteiger partial charge in [0.05, 0.1) is 36.0 Å². The Balaban J connectivity index is 1.15. The van der Waals surface area contributed by atoms with E-state index in [4.69, 9.17) is 0 Å². The minimum Gasteiger partial charge on any atom is -0.322 e. The third-order valence-electron chi connectivity index (χ3n) is 7.82. The summed E-state index contributed by atoms with van der Waals surface area (Å²) in [6.45, 7) is 4.29. The van der Waals surface area contributed by atoms with Crippen molar-refractivity contribution in [2.75, 3.05) is 0 Å². The van der Waals surface area contributed by atoms with Gasteiger partial charge in [-0.15, -0.1) is 0 Å². The van der Waals surface area contributed by atoms with E-state index in [1.165, 1.54) is 22.5 Å². The lowest BCUT2D eigenvalue weighted by atomic mass is 9.76. The van der Waals surface area contributed by atoms with E-state index in [0.29, 0.717) is 23.9 Å². The maximum absolute atomic E-state index is 14.7. The lowest BCUT2D eigenvalue weighted by Crippen LogP contribution is -2.24. The molecule has 2 aromatic carbocycles. The monoisotopic (exact) mass is 456 g/mol. The van der Waals surface area contributed by atoms with Gasteiger partial charge < -0.3 is 4.57 Å². The van der Waals surface area contributed by atoms with Crippen molar-refractivity contribution in [3.05, 3.63) is 72.1 Å². The fourth-order valence-electron chi connectivity index (χ4n) is 6.04. The summed E-state index contributed by atoms with van der Waals surface area (Å²) < 4.78 is 18.7. The van der Waals surface area contributed by atoms with E-state index in [1.807, 2.05) is 16.8 Å². The van der Waals surface area contributed by atoms with Crippen LogP contribution in [0.2, 0.25) is 0 Å². The van der Waals surface area contributed by atoms with Crippen molar-refractivity contribution in [2.24, 2.45) is 5.92 Å². The average molecular weight is 457 g/mol. The molecular weight excluding hydrogens is 427 g/mol. The molecule has 6 heteroatoms. The number of nitrogens with zero attached hydrogens (tertiary/aromatic N) is 4. The predicted molar refractivity (Wildman–Crippen MR) is 130 cm³/mol. The number of hydrogen-bond donors (Lipinski definition) is 0. The Morgan fingerprint density at radius 1 is 1.12 bits per heavy atom. The summed E-state index contributed by atoms with van der Waals surface area (Å²) in [7, 11) is 0. The number of rotatable bonds is 5. The highest BCUT2D eigenvalue weighted by Gasteiger charge is 2.35. The second kappa shape index (κ2) is 8.19. The molecular formula is C28H29FN4O. The van der Waals surface area contributed by atoms with Crippen LogP contribution in [-0.2, 0) is 4.79 Å². The number of carbonyl (C=O) groups is 1. The molecule has 1 atom stereocenters. The van der Waals surface area contributed by atoms with Crippen LogP contribution in [0.3, 0.4) is 0 Å². The van der Waals surface area contributed by atoms with Crippen molar-refractivity contribution in [1.29, 1.82) is 0 Å². The molecule has 1 aliphatic heterocycles. The maximum atomic E-state index is 14.7. The van der Waals surface area contributed by atoms with Crippen LogP contribution in [0.1, 0.15) is 75.1 Å². The first-order valence-corrected chi connectivity index (χ1v) is 12.3. The van der Waals surface area contributed by atoms with Gasteiger partial charge in [-0.3, -0.25) is 9.48 Å². The van der Waals surface area contributed by atoms with Crippen molar-refractivity contribution < 1.29 is 9.18 Å². The van der Waals surface area contributed by atoms with E-state index in [-0.39, 0.29) is 23.6 Å². The Morgan fingerprint density at radius 3 is 2.74 bits per heavy atom. The number of carbonyl (C=O) groups excluding carboxylic acids is 1. The minimum absolute atomic E-state index is 0.0477. The van der Waals surface area contributed by atoms with Crippen LogP contribution in [0, 0.1) is 11.7 Å². The molecule has 1 aliphatic carbocycles. The van der Waals surface area contributed by atoms with E-state index >= 15 is 0 Å². The minimum atomic E-state index is -0.293. The molecule has 174 valence electrons. The molecule has 0 saturated heterocycles. The Labute approximate surface area is 198 Å². The SMILES string of the molecule is CC(C)n1ncc2cc(C3CCC(C(=O)CC4c5c(F)cccc5-c5cncn54)CC3)ccc21. The van der Waals surface area contributed by atoms with Crippen molar-refractivity contribution in [3.8, 4) is 11.3 Å². The average Bonchev–Trinajstić information content (AvgIpc) is 3.55. The van der Waals surface area contributed by atoms with E-state index in [9.17, 15) is 9.18 Å². The molecule has 2 aromatic heterocycles. The lowest BCUT2D eigenvalue weighted by Gasteiger charge is -2.29. The largest absolute Gasteiger partial charge is 0.322 e. The quantitative estimate of drug-likeness (QED) is 0.346. The van der Waals surface area contributed by atoms with Crippen LogP contribution in [0.4, 0.5) is 4.39 Å². The van der Waals surface area contributed by atoms with Crippen LogP contribution in [0.15, 0.2) is 55.1 Å². The maximum Gasteiger partial charge on any atom is 0.138 e. The number of aromatic nitrogens is 4. The summed E-state index contributed by atoms with van der Waals surface area (Å²) in [5.74, 6) is 0.527. The molecule has 1 saturated carbocycles. The third kappa shape index (κ3) is 3.39. The molecule has 6 rings (SSSR count). The van der Waals surface area contributed by atoms with Gasteiger partial charge in [0, 0.05) is 34.9 Å². The van der Waals surface area contributed by atoms with Crippen molar-refractivity contribution in [3.63, 3.8) is 0 Å². The number of ketones is 1. The summed E-state index contributed by atoms with van der Waals surface area (Å²) in [6.07, 6.45) is 9.56. The van der Waals surface area contributed by atoms with Gasteiger partial charge in [-0.2, -0.15) is 5.10 Å². The lowest BCUT2D eigenvalue weighted by molar-refractivity contribution is -0.124. The summed E-state index contributed by atoms with van der Waals surface area (Å²) in [5.41, 5.74) is 4.90. The molecule has 2 aliphatic rings. The third-order valence-corrected chi connectivity index (χ3v) is 7.82. The number of Topliss-reactive ketones (excluding diaryl/α,β-unsaturated/α-hetero) is 1. The molecule has 0 bridgehead atoms. The molecule has 0 amide bonds. The molecule has 3 heterocycles. The van der Waals surface area contributed by atoms with Crippen molar-refractivity contribution >= 4 is 16.7 Å². The molecule has 34 heavy (non-hydrogen) atoms. The zero-order valence-corrected chi connectivity index (χ0v) is 19.6. The van der Waals surface area contributed by atoms with Gasteiger partial charge in [0.1, 0.15) is 11.6 Å². The molecule has 0 radical (unpaired) electrons. The van der Waals surface area contributed by atoms with Crippen LogP contribution < -0.4 is 0 Å². The van der Waals surface area contributed by atoms with Gasteiger partial charge in [0.2, 0.25) is 0 Å². The van der Waals surface area contributed by atoms with Gasteiger partial charge in [0.15, 0.2) is 0 Å². The standard InChI is InChI=1S/C28H29FN4O/c1-17(2)33-24-11-10-20(12-21(24)14-31-33)18-6-8-19(9-7-18)27(34)13-25-28-22(4-3-5-23(28)29)26-15-30-16-32(25)26/h3-5,10-12,14-19,25H,6-9,13H2,1-2H3. The zero-order valence-electron chi connectivity index (χ0n) is 19.6. The molecule has 1 fully saturated rings. The summed E-state index contributed by atoms with van der Waals surface area (Å²) in [5, 5.41) is 5.72. The summed E-state index contributed by atoms with van der Waals surface area (Å²) >= 11 is 0. The van der Waals surface area contributed by atoms with Crippen molar-refractivity contribution in [1.82, 2.24) is 19.3 Å². The van der Waals surface area contributed by atoms with E-state index < -0.39 is 0 Å².